The lowest BCUT2D eigenvalue weighted by atomic mass is 9.89. The van der Waals surface area contributed by atoms with Gasteiger partial charge in [0.05, 0.1) is 5.56 Å². The average Bonchev–Trinajstić information content (AvgIpc) is 2.43. The number of rotatable bonds is 4. The molecule has 0 spiro atoms. The van der Waals surface area contributed by atoms with Crippen LogP contribution in [-0.2, 0) is 0 Å². The molecule has 0 aromatic carbocycles. The molecule has 0 saturated heterocycles. The second-order valence-electron chi connectivity index (χ2n) is 6.26. The Morgan fingerprint density at radius 3 is 2.35 bits per heavy atom. The molecule has 0 bridgehead atoms. The Hall–Kier alpha value is -1.32. The van der Waals surface area contributed by atoms with E-state index in [1.807, 2.05) is 14.0 Å². The smallest absolute Gasteiger partial charge is 0.222 e. The average molecular weight is 277 g/mol. The second kappa shape index (κ2) is 6.42. The summed E-state index contributed by atoms with van der Waals surface area (Å²) < 4.78 is 6.18. The van der Waals surface area contributed by atoms with Gasteiger partial charge in [0, 0.05) is 13.0 Å². The van der Waals surface area contributed by atoms with Crippen LogP contribution in [-0.4, -0.2) is 23.1 Å². The van der Waals surface area contributed by atoms with E-state index in [0.717, 1.165) is 41.8 Å². The van der Waals surface area contributed by atoms with Crippen LogP contribution in [0.5, 0.6) is 5.88 Å². The van der Waals surface area contributed by atoms with Crippen LogP contribution in [0.1, 0.15) is 63.8 Å². The van der Waals surface area contributed by atoms with Crippen LogP contribution < -0.4 is 10.1 Å². The van der Waals surface area contributed by atoms with Crippen LogP contribution in [0.2, 0.25) is 0 Å². The third-order valence-electron chi connectivity index (χ3n) is 4.11. The number of nitrogens with zero attached hydrogens (tertiary/aromatic N) is 2. The van der Waals surface area contributed by atoms with Crippen molar-refractivity contribution < 1.29 is 4.74 Å². The number of hydrogen-bond acceptors (Lipinski definition) is 4. The van der Waals surface area contributed by atoms with Crippen LogP contribution in [0.25, 0.3) is 0 Å². The zero-order valence-corrected chi connectivity index (χ0v) is 13.4. The Morgan fingerprint density at radius 1 is 1.15 bits per heavy atom. The Labute approximate surface area is 122 Å². The molecule has 112 valence electrons. The van der Waals surface area contributed by atoms with E-state index in [1.165, 1.54) is 12.8 Å². The predicted octanol–water partition coefficient (Wildman–Crippen LogP) is 3.91. The van der Waals surface area contributed by atoms with E-state index in [4.69, 9.17) is 4.74 Å². The van der Waals surface area contributed by atoms with Crippen molar-refractivity contribution in [3.05, 3.63) is 11.4 Å². The fourth-order valence-corrected chi connectivity index (χ4v) is 2.63. The largest absolute Gasteiger partial charge is 0.474 e. The first kappa shape index (κ1) is 15.1. The Balaban J connectivity index is 2.19. The van der Waals surface area contributed by atoms with E-state index >= 15 is 0 Å². The number of anilines is 1. The van der Waals surface area contributed by atoms with Gasteiger partial charge in [0.2, 0.25) is 5.88 Å². The molecule has 1 aromatic rings. The monoisotopic (exact) mass is 277 g/mol. The van der Waals surface area contributed by atoms with Crippen LogP contribution in [0, 0.1) is 12.8 Å². The lowest BCUT2D eigenvalue weighted by molar-refractivity contribution is 0.128. The van der Waals surface area contributed by atoms with Gasteiger partial charge in [0.15, 0.2) is 0 Å². The third-order valence-corrected chi connectivity index (χ3v) is 4.11. The highest BCUT2D eigenvalue weighted by Crippen LogP contribution is 2.30. The van der Waals surface area contributed by atoms with E-state index in [1.54, 1.807) is 0 Å². The van der Waals surface area contributed by atoms with Gasteiger partial charge in [-0.05, 0) is 38.5 Å². The highest BCUT2D eigenvalue weighted by molar-refractivity contribution is 5.48. The van der Waals surface area contributed by atoms with Crippen molar-refractivity contribution in [3.8, 4) is 5.88 Å². The molecule has 1 N–H and O–H groups in total. The molecule has 20 heavy (non-hydrogen) atoms. The summed E-state index contributed by atoms with van der Waals surface area (Å²) in [6.07, 6.45) is 5.09. The molecule has 2 rings (SSSR count). The first-order valence-electron chi connectivity index (χ1n) is 7.74. The van der Waals surface area contributed by atoms with Crippen molar-refractivity contribution in [1.29, 1.82) is 0 Å². The first-order chi connectivity index (χ1) is 9.51. The first-order valence-corrected chi connectivity index (χ1v) is 7.74. The number of nitrogens with one attached hydrogen (secondary N) is 1. The van der Waals surface area contributed by atoms with Crippen molar-refractivity contribution in [2.24, 2.45) is 5.92 Å². The molecule has 4 nitrogen and oxygen atoms in total. The van der Waals surface area contributed by atoms with E-state index in [2.05, 4.69) is 36.1 Å². The van der Waals surface area contributed by atoms with Crippen molar-refractivity contribution in [1.82, 2.24) is 9.97 Å². The maximum atomic E-state index is 6.18. The lowest BCUT2D eigenvalue weighted by Crippen LogP contribution is -2.24. The molecule has 0 aliphatic heterocycles. The SMILES string of the molecule is CNc1nc(C(C)C)nc(OC2CCC(C)CC2)c1C. The number of aromatic nitrogens is 2. The lowest BCUT2D eigenvalue weighted by Gasteiger charge is -2.27. The molecule has 0 unspecified atom stereocenters. The molecule has 0 atom stereocenters. The number of hydrogen-bond donors (Lipinski definition) is 1. The Morgan fingerprint density at radius 2 is 1.80 bits per heavy atom. The summed E-state index contributed by atoms with van der Waals surface area (Å²) in [5.41, 5.74) is 1.01. The fraction of sp³-hybridized carbons (Fsp3) is 0.750. The standard InChI is InChI=1S/C16H27N3O/c1-10(2)14-18-15(17-5)12(4)16(19-14)20-13-8-6-11(3)7-9-13/h10-11,13H,6-9H2,1-5H3,(H,17,18,19). The summed E-state index contributed by atoms with van der Waals surface area (Å²) in [6, 6.07) is 0. The second-order valence-corrected chi connectivity index (χ2v) is 6.26. The minimum atomic E-state index is 0.302. The van der Waals surface area contributed by atoms with Crippen LogP contribution >= 0.6 is 0 Å². The van der Waals surface area contributed by atoms with Gasteiger partial charge in [-0.15, -0.1) is 0 Å². The normalized spacial score (nSPS) is 22.9. The maximum Gasteiger partial charge on any atom is 0.222 e. The highest BCUT2D eigenvalue weighted by Gasteiger charge is 2.22. The van der Waals surface area contributed by atoms with E-state index in [0.29, 0.717) is 12.0 Å². The highest BCUT2D eigenvalue weighted by atomic mass is 16.5. The van der Waals surface area contributed by atoms with Crippen molar-refractivity contribution in [3.63, 3.8) is 0 Å². The summed E-state index contributed by atoms with van der Waals surface area (Å²) in [6.45, 7) is 8.56. The molecule has 1 saturated carbocycles. The van der Waals surface area contributed by atoms with Crippen molar-refractivity contribution in [2.45, 2.75) is 65.4 Å². The molecule has 0 amide bonds. The maximum absolute atomic E-state index is 6.18. The van der Waals surface area contributed by atoms with Gasteiger partial charge in [-0.1, -0.05) is 20.8 Å². The molecular weight excluding hydrogens is 250 g/mol. The quantitative estimate of drug-likeness (QED) is 0.906. The van der Waals surface area contributed by atoms with E-state index < -0.39 is 0 Å². The Bertz CT molecular complexity index is 451. The summed E-state index contributed by atoms with van der Waals surface area (Å²) in [4.78, 5) is 9.17. The van der Waals surface area contributed by atoms with Gasteiger partial charge in [0.1, 0.15) is 17.7 Å². The van der Waals surface area contributed by atoms with E-state index in [-0.39, 0.29) is 0 Å². The summed E-state index contributed by atoms with van der Waals surface area (Å²) >= 11 is 0. The molecule has 0 radical (unpaired) electrons. The molecule has 1 aromatic heterocycles. The third kappa shape index (κ3) is 3.41. The topological polar surface area (TPSA) is 47.0 Å². The minimum Gasteiger partial charge on any atom is -0.474 e. The summed E-state index contributed by atoms with van der Waals surface area (Å²) in [5.74, 6) is 3.62. The van der Waals surface area contributed by atoms with Gasteiger partial charge in [-0.3, -0.25) is 0 Å². The fourth-order valence-electron chi connectivity index (χ4n) is 2.63. The molecule has 1 aliphatic rings. The van der Waals surface area contributed by atoms with Gasteiger partial charge < -0.3 is 10.1 Å². The van der Waals surface area contributed by atoms with E-state index in [9.17, 15) is 0 Å². The van der Waals surface area contributed by atoms with Crippen LogP contribution in [0.15, 0.2) is 0 Å². The number of ether oxygens (including phenoxy) is 1. The molecular formula is C16H27N3O. The Kier molecular flexibility index (Phi) is 4.84. The molecule has 1 fully saturated rings. The van der Waals surface area contributed by atoms with Crippen molar-refractivity contribution in [2.75, 3.05) is 12.4 Å². The molecule has 4 heteroatoms. The van der Waals surface area contributed by atoms with Crippen molar-refractivity contribution >= 4 is 5.82 Å². The summed E-state index contributed by atoms with van der Waals surface area (Å²) in [7, 11) is 1.89. The minimum absolute atomic E-state index is 0.302. The van der Waals surface area contributed by atoms with Gasteiger partial charge in [0.25, 0.3) is 0 Å². The van der Waals surface area contributed by atoms with Gasteiger partial charge >= 0.3 is 0 Å². The zero-order valence-electron chi connectivity index (χ0n) is 13.4. The predicted molar refractivity (Wildman–Crippen MR) is 82.5 cm³/mol. The van der Waals surface area contributed by atoms with Gasteiger partial charge in [-0.2, -0.15) is 4.98 Å². The van der Waals surface area contributed by atoms with Crippen LogP contribution in [0.3, 0.4) is 0 Å². The van der Waals surface area contributed by atoms with Gasteiger partial charge in [-0.25, -0.2) is 4.98 Å². The molecule has 1 aliphatic carbocycles. The van der Waals surface area contributed by atoms with Crippen LogP contribution in [0.4, 0.5) is 5.82 Å². The zero-order chi connectivity index (χ0) is 14.7. The molecule has 1 heterocycles. The summed E-state index contributed by atoms with van der Waals surface area (Å²) in [5, 5.41) is 3.14.